The lowest BCUT2D eigenvalue weighted by Gasteiger charge is -2.31. The Hall–Kier alpha value is -0.770. The zero-order chi connectivity index (χ0) is 15.4. The number of rotatable bonds is 4. The molecule has 0 unspecified atom stereocenters. The number of hydrogen-bond acceptors (Lipinski definition) is 2. The number of carbonyl (C=O) groups is 1. The maximum absolute atomic E-state index is 12.4. The van der Waals surface area contributed by atoms with Crippen molar-refractivity contribution in [3.63, 3.8) is 0 Å². The maximum Gasteiger partial charge on any atom is 0.223 e. The molecule has 3 rings (SSSR count). The molecule has 2 aliphatic rings. The average Bonchev–Trinajstić information content (AvgIpc) is 3.04. The summed E-state index contributed by atoms with van der Waals surface area (Å²) >= 11 is 6.18. The molecule has 5 heteroatoms. The molecule has 0 spiro atoms. The van der Waals surface area contributed by atoms with Gasteiger partial charge in [0.05, 0.1) is 0 Å². The number of halogens is 2. The number of amides is 1. The second-order valence-corrected chi connectivity index (χ2v) is 7.18. The molecule has 1 aliphatic heterocycles. The molecule has 0 atom stereocenters. The minimum atomic E-state index is 0. The number of carbonyl (C=O) groups excluding carboxylic acids is 1. The van der Waals surface area contributed by atoms with E-state index in [9.17, 15) is 4.79 Å². The molecule has 0 bridgehead atoms. The summed E-state index contributed by atoms with van der Waals surface area (Å²) in [5.41, 5.74) is 1.36. The molecule has 2 fully saturated rings. The van der Waals surface area contributed by atoms with Gasteiger partial charge in [-0.25, -0.2) is 0 Å². The molecule has 1 saturated heterocycles. The fourth-order valence-electron chi connectivity index (χ4n) is 3.92. The van der Waals surface area contributed by atoms with Gasteiger partial charge in [0.25, 0.3) is 0 Å². The van der Waals surface area contributed by atoms with E-state index in [0.29, 0.717) is 0 Å². The molecule has 2 N–H and O–H groups in total. The van der Waals surface area contributed by atoms with Gasteiger partial charge in [-0.1, -0.05) is 36.6 Å². The topological polar surface area (TPSA) is 41.1 Å². The minimum absolute atomic E-state index is 0. The first kappa shape index (κ1) is 18.6. The maximum atomic E-state index is 12.4. The zero-order valence-corrected chi connectivity index (χ0v) is 15.0. The van der Waals surface area contributed by atoms with Gasteiger partial charge in [-0.15, -0.1) is 12.4 Å². The molecule has 128 valence electrons. The van der Waals surface area contributed by atoms with E-state index in [-0.39, 0.29) is 29.6 Å². The molecule has 1 aliphatic carbocycles. The number of benzene rings is 1. The van der Waals surface area contributed by atoms with Crippen LogP contribution in [-0.4, -0.2) is 25.5 Å². The molecule has 1 heterocycles. The van der Waals surface area contributed by atoms with Gasteiger partial charge in [-0.2, -0.15) is 0 Å². The third-order valence-electron chi connectivity index (χ3n) is 5.31. The summed E-state index contributed by atoms with van der Waals surface area (Å²) in [4.78, 5) is 12.4. The smallest absolute Gasteiger partial charge is 0.223 e. The first-order chi connectivity index (χ1) is 10.7. The Morgan fingerprint density at radius 3 is 2.61 bits per heavy atom. The van der Waals surface area contributed by atoms with Gasteiger partial charge in [-0.3, -0.25) is 4.79 Å². The lowest BCUT2D eigenvalue weighted by Crippen LogP contribution is -2.44. The molecule has 1 saturated carbocycles. The lowest BCUT2D eigenvalue weighted by atomic mass is 9.78. The second-order valence-electron chi connectivity index (χ2n) is 6.74. The fraction of sp³-hybridized carbons (Fsp3) is 0.611. The van der Waals surface area contributed by atoms with E-state index in [1.807, 2.05) is 12.1 Å². The predicted molar refractivity (Wildman–Crippen MR) is 97.4 cm³/mol. The van der Waals surface area contributed by atoms with Gasteiger partial charge in [0.2, 0.25) is 5.91 Å². The van der Waals surface area contributed by atoms with Crippen LogP contribution in [0.5, 0.6) is 0 Å². The summed E-state index contributed by atoms with van der Waals surface area (Å²) in [6, 6.07) is 8.17. The highest BCUT2D eigenvalue weighted by atomic mass is 35.5. The van der Waals surface area contributed by atoms with Gasteiger partial charge in [0, 0.05) is 22.9 Å². The van der Waals surface area contributed by atoms with Crippen LogP contribution in [0.2, 0.25) is 5.02 Å². The molecule has 0 radical (unpaired) electrons. The Morgan fingerprint density at radius 1 is 1.26 bits per heavy atom. The van der Waals surface area contributed by atoms with Gasteiger partial charge >= 0.3 is 0 Å². The molecule has 3 nitrogen and oxygen atoms in total. The van der Waals surface area contributed by atoms with Crippen LogP contribution in [-0.2, 0) is 10.2 Å². The van der Waals surface area contributed by atoms with Gasteiger partial charge in [0.15, 0.2) is 0 Å². The Morgan fingerprint density at radius 2 is 1.96 bits per heavy atom. The van der Waals surface area contributed by atoms with E-state index in [1.54, 1.807) is 0 Å². The van der Waals surface area contributed by atoms with Crippen molar-refractivity contribution in [3.05, 3.63) is 34.9 Å². The standard InChI is InChI=1S/C18H25ClN2O.ClH/c19-16-5-3-4-15(12-16)18(8-1-2-9-18)13-21-17(22)14-6-10-20-11-7-14;/h3-5,12,14,20H,1-2,6-11,13H2,(H,21,22);1H. The molecule has 0 aromatic heterocycles. The van der Waals surface area contributed by atoms with Gasteiger partial charge < -0.3 is 10.6 Å². The summed E-state index contributed by atoms with van der Waals surface area (Å²) < 4.78 is 0. The van der Waals surface area contributed by atoms with Crippen LogP contribution in [0.3, 0.4) is 0 Å². The minimum Gasteiger partial charge on any atom is -0.355 e. The summed E-state index contributed by atoms with van der Waals surface area (Å²) in [7, 11) is 0. The normalized spacial score (nSPS) is 20.7. The van der Waals surface area contributed by atoms with Crippen LogP contribution >= 0.6 is 24.0 Å². The van der Waals surface area contributed by atoms with Crippen LogP contribution in [0.15, 0.2) is 24.3 Å². The second kappa shape index (κ2) is 8.36. The third kappa shape index (κ3) is 4.40. The van der Waals surface area contributed by atoms with Crippen molar-refractivity contribution in [2.75, 3.05) is 19.6 Å². The highest BCUT2D eigenvalue weighted by molar-refractivity contribution is 6.30. The first-order valence-electron chi connectivity index (χ1n) is 8.44. The zero-order valence-electron chi connectivity index (χ0n) is 13.4. The quantitative estimate of drug-likeness (QED) is 0.863. The van der Waals surface area contributed by atoms with Crippen molar-refractivity contribution in [1.82, 2.24) is 10.6 Å². The van der Waals surface area contributed by atoms with Crippen molar-refractivity contribution in [2.24, 2.45) is 5.92 Å². The summed E-state index contributed by atoms with van der Waals surface area (Å²) in [6.07, 6.45) is 6.65. The monoisotopic (exact) mass is 356 g/mol. The highest BCUT2D eigenvalue weighted by Gasteiger charge is 2.36. The lowest BCUT2D eigenvalue weighted by molar-refractivity contribution is -0.126. The van der Waals surface area contributed by atoms with E-state index < -0.39 is 0 Å². The van der Waals surface area contributed by atoms with E-state index >= 15 is 0 Å². The summed E-state index contributed by atoms with van der Waals surface area (Å²) in [6.45, 7) is 2.66. The summed E-state index contributed by atoms with van der Waals surface area (Å²) in [5, 5.41) is 7.34. The molecule has 23 heavy (non-hydrogen) atoms. The van der Waals surface area contributed by atoms with Crippen LogP contribution in [0.4, 0.5) is 0 Å². The van der Waals surface area contributed by atoms with Crippen molar-refractivity contribution >= 4 is 29.9 Å². The number of nitrogens with one attached hydrogen (secondary N) is 2. The molecular formula is C18H26Cl2N2O. The Kier molecular flexibility index (Phi) is 6.75. The highest BCUT2D eigenvalue weighted by Crippen LogP contribution is 2.41. The largest absolute Gasteiger partial charge is 0.355 e. The van der Waals surface area contributed by atoms with Gasteiger partial charge in [0.1, 0.15) is 0 Å². The van der Waals surface area contributed by atoms with Crippen LogP contribution < -0.4 is 10.6 Å². The molecule has 1 amide bonds. The molecule has 1 aromatic rings. The first-order valence-corrected chi connectivity index (χ1v) is 8.82. The average molecular weight is 357 g/mol. The van der Waals surface area contributed by atoms with Crippen LogP contribution in [0.25, 0.3) is 0 Å². The Balaban J connectivity index is 0.00000192. The van der Waals surface area contributed by atoms with Crippen LogP contribution in [0, 0.1) is 5.92 Å². The van der Waals surface area contributed by atoms with Crippen molar-refractivity contribution in [2.45, 2.75) is 43.9 Å². The van der Waals surface area contributed by atoms with E-state index in [2.05, 4.69) is 22.8 Å². The Labute approximate surface area is 150 Å². The van der Waals surface area contributed by atoms with E-state index in [1.165, 1.54) is 18.4 Å². The number of piperidine rings is 1. The SMILES string of the molecule is Cl.O=C(NCC1(c2cccc(Cl)c2)CCCC1)C1CCNCC1. The van der Waals surface area contributed by atoms with E-state index in [4.69, 9.17) is 11.6 Å². The van der Waals surface area contributed by atoms with Crippen molar-refractivity contribution in [1.29, 1.82) is 0 Å². The van der Waals surface area contributed by atoms with Crippen molar-refractivity contribution < 1.29 is 4.79 Å². The summed E-state index contributed by atoms with van der Waals surface area (Å²) in [5.74, 6) is 0.411. The Bertz CT molecular complexity index is 524. The van der Waals surface area contributed by atoms with E-state index in [0.717, 1.165) is 50.3 Å². The third-order valence-corrected chi connectivity index (χ3v) is 5.54. The van der Waals surface area contributed by atoms with Crippen molar-refractivity contribution in [3.8, 4) is 0 Å². The van der Waals surface area contributed by atoms with Gasteiger partial charge in [-0.05, 0) is 56.5 Å². The predicted octanol–water partition coefficient (Wildman–Crippen LogP) is 3.69. The number of hydrogen-bond donors (Lipinski definition) is 2. The fourth-order valence-corrected chi connectivity index (χ4v) is 4.11. The van der Waals surface area contributed by atoms with Crippen LogP contribution in [0.1, 0.15) is 44.1 Å². The molecule has 1 aromatic carbocycles. The molecular weight excluding hydrogens is 331 g/mol.